The van der Waals surface area contributed by atoms with Gasteiger partial charge in [0.05, 0.1) is 0 Å². The van der Waals surface area contributed by atoms with Gasteiger partial charge in [-0.15, -0.1) is 0 Å². The van der Waals surface area contributed by atoms with Gasteiger partial charge in [-0.2, -0.15) is 0 Å². The van der Waals surface area contributed by atoms with E-state index in [1.807, 2.05) is 6.08 Å². The Hall–Kier alpha value is -1.79. The Morgan fingerprint density at radius 3 is 2.69 bits per heavy atom. The van der Waals surface area contributed by atoms with Crippen LogP contribution in [0.3, 0.4) is 0 Å². The van der Waals surface area contributed by atoms with Gasteiger partial charge in [-0.3, -0.25) is 9.59 Å². The van der Waals surface area contributed by atoms with Crippen LogP contribution >= 0.6 is 0 Å². The molecule has 0 N–H and O–H groups in total. The molecule has 0 aliphatic heterocycles. The molecule has 176 valence electrons. The van der Waals surface area contributed by atoms with Crippen LogP contribution in [-0.4, -0.2) is 44.1 Å². The molecule has 6 heteroatoms. The number of hydrogen-bond donors (Lipinski definition) is 0. The molecule has 3 fully saturated rings. The van der Waals surface area contributed by atoms with Crippen LogP contribution in [0.15, 0.2) is 23.8 Å². The van der Waals surface area contributed by atoms with Gasteiger partial charge < -0.3 is 14.2 Å². The summed E-state index contributed by atoms with van der Waals surface area (Å²) in [6, 6.07) is 0. The van der Waals surface area contributed by atoms with E-state index < -0.39 is 12.1 Å². The molecular formula is C26H36O6. The van der Waals surface area contributed by atoms with Crippen molar-refractivity contribution in [1.29, 1.82) is 0 Å². The molecule has 4 aliphatic rings. The van der Waals surface area contributed by atoms with E-state index >= 15 is 0 Å². The van der Waals surface area contributed by atoms with Gasteiger partial charge in [0.2, 0.25) is 0 Å². The standard InChI is InChI=1S/C26H36O6/c1-16(32-15-30-4)24(29)31-14-23(28)22-8-7-20-19-6-5-17-13-18(27)9-11-25(17,2)21(19)10-12-26(20,22)3/h9,11,13,16,19-22H,5-8,10,12,14-15H2,1-4H3/t16?,19-,20-,21-,22+,25-,26-/m0/s1. The number of carbonyl (C=O) groups is 3. The van der Waals surface area contributed by atoms with Crippen molar-refractivity contribution in [3.8, 4) is 0 Å². The zero-order valence-corrected chi connectivity index (χ0v) is 19.7. The lowest BCUT2D eigenvalue weighted by atomic mass is 9.47. The monoisotopic (exact) mass is 444 g/mol. The Labute approximate surface area is 190 Å². The maximum absolute atomic E-state index is 13.1. The van der Waals surface area contributed by atoms with Gasteiger partial charge in [-0.1, -0.05) is 25.5 Å². The average Bonchev–Trinajstić information content (AvgIpc) is 3.13. The van der Waals surface area contributed by atoms with Crippen molar-refractivity contribution in [1.82, 2.24) is 0 Å². The molecule has 0 heterocycles. The zero-order valence-electron chi connectivity index (χ0n) is 19.7. The molecule has 0 amide bonds. The van der Waals surface area contributed by atoms with Crippen molar-refractivity contribution in [3.63, 3.8) is 0 Å². The van der Waals surface area contributed by atoms with Crippen molar-refractivity contribution in [2.75, 3.05) is 20.5 Å². The van der Waals surface area contributed by atoms with Crippen molar-refractivity contribution in [3.05, 3.63) is 23.8 Å². The van der Waals surface area contributed by atoms with E-state index in [2.05, 4.69) is 19.9 Å². The van der Waals surface area contributed by atoms with E-state index in [9.17, 15) is 14.4 Å². The molecule has 0 aromatic heterocycles. The van der Waals surface area contributed by atoms with Crippen molar-refractivity contribution in [2.24, 2.45) is 34.5 Å². The largest absolute Gasteiger partial charge is 0.456 e. The van der Waals surface area contributed by atoms with Crippen LogP contribution in [0, 0.1) is 34.5 Å². The average molecular weight is 445 g/mol. The second-order valence-electron chi connectivity index (χ2n) is 10.6. The third kappa shape index (κ3) is 3.90. The van der Waals surface area contributed by atoms with Gasteiger partial charge in [0, 0.05) is 18.4 Å². The molecule has 0 aromatic carbocycles. The lowest BCUT2D eigenvalue weighted by Gasteiger charge is -2.56. The minimum absolute atomic E-state index is 0.00825. The molecule has 32 heavy (non-hydrogen) atoms. The second kappa shape index (κ2) is 8.86. The molecule has 4 aliphatic carbocycles. The van der Waals surface area contributed by atoms with E-state index in [0.29, 0.717) is 17.8 Å². The fraction of sp³-hybridized carbons (Fsp3) is 0.731. The van der Waals surface area contributed by atoms with E-state index in [-0.39, 0.29) is 41.7 Å². The van der Waals surface area contributed by atoms with Crippen LogP contribution in [0.1, 0.15) is 59.3 Å². The predicted molar refractivity (Wildman–Crippen MR) is 118 cm³/mol. The SMILES string of the molecule is COCOC(C)C(=O)OCC(=O)[C@H]1CC[C@H]2[C@@H]3CCC4=CC(=O)C=C[C@]4(C)[C@H]3CC[C@]12C. The zero-order chi connectivity index (χ0) is 23.1. The number of methoxy groups -OCH3 is 1. The highest BCUT2D eigenvalue weighted by Crippen LogP contribution is 2.66. The Bertz CT molecular complexity index is 843. The number of ether oxygens (including phenoxy) is 3. The van der Waals surface area contributed by atoms with Crippen LogP contribution < -0.4 is 0 Å². The predicted octanol–water partition coefficient (Wildman–Crippen LogP) is 4.03. The molecule has 7 atom stereocenters. The number of allylic oxidation sites excluding steroid dienone is 4. The molecule has 6 nitrogen and oxygen atoms in total. The summed E-state index contributed by atoms with van der Waals surface area (Å²) in [6.07, 6.45) is 11.0. The van der Waals surface area contributed by atoms with E-state index in [4.69, 9.17) is 14.2 Å². The number of Topliss-reactive ketones (excluding diaryl/α,β-unsaturated/α-hetero) is 1. The van der Waals surface area contributed by atoms with Crippen molar-refractivity contribution < 1.29 is 28.6 Å². The number of rotatable bonds is 7. The first kappa shape index (κ1) is 23.4. The van der Waals surface area contributed by atoms with Gasteiger partial charge in [0.1, 0.15) is 13.4 Å². The van der Waals surface area contributed by atoms with Crippen LogP contribution in [-0.2, 0) is 28.6 Å². The third-order valence-corrected chi connectivity index (χ3v) is 9.07. The van der Waals surface area contributed by atoms with Gasteiger partial charge in [0.25, 0.3) is 0 Å². The minimum Gasteiger partial charge on any atom is -0.456 e. The van der Waals surface area contributed by atoms with E-state index in [1.165, 1.54) is 12.7 Å². The minimum atomic E-state index is -0.759. The smallest absolute Gasteiger partial charge is 0.335 e. The highest BCUT2D eigenvalue weighted by Gasteiger charge is 2.59. The molecule has 0 radical (unpaired) electrons. The number of fused-ring (bicyclic) bond motifs is 5. The summed E-state index contributed by atoms with van der Waals surface area (Å²) in [5.74, 6) is 1.14. The van der Waals surface area contributed by atoms with Gasteiger partial charge in [0.15, 0.2) is 17.7 Å². The number of esters is 1. The highest BCUT2D eigenvalue weighted by molar-refractivity contribution is 6.01. The molecule has 1 unspecified atom stereocenters. The van der Waals surface area contributed by atoms with Crippen LogP contribution in [0.5, 0.6) is 0 Å². The number of ketones is 2. The lowest BCUT2D eigenvalue weighted by molar-refractivity contribution is -0.166. The Kier molecular flexibility index (Phi) is 6.47. The molecule has 0 spiro atoms. The molecule has 4 rings (SSSR count). The Morgan fingerprint density at radius 2 is 1.94 bits per heavy atom. The summed E-state index contributed by atoms with van der Waals surface area (Å²) in [4.78, 5) is 37.2. The van der Waals surface area contributed by atoms with Crippen LogP contribution in [0.25, 0.3) is 0 Å². The summed E-state index contributed by atoms with van der Waals surface area (Å²) in [5.41, 5.74) is 1.21. The fourth-order valence-electron chi connectivity index (χ4n) is 7.32. The van der Waals surface area contributed by atoms with E-state index in [1.54, 1.807) is 13.0 Å². The van der Waals surface area contributed by atoms with Gasteiger partial charge in [-0.05, 0) is 80.8 Å². The summed E-state index contributed by atoms with van der Waals surface area (Å²) < 4.78 is 15.3. The molecule has 0 aromatic rings. The van der Waals surface area contributed by atoms with Gasteiger partial charge in [-0.25, -0.2) is 4.79 Å². The first-order valence-corrected chi connectivity index (χ1v) is 11.9. The number of carbonyl (C=O) groups excluding carboxylic acids is 3. The topological polar surface area (TPSA) is 78.9 Å². The first-order valence-electron chi connectivity index (χ1n) is 11.9. The highest BCUT2D eigenvalue weighted by atomic mass is 16.7. The lowest BCUT2D eigenvalue weighted by Crippen LogP contribution is -2.50. The quantitative estimate of drug-likeness (QED) is 0.436. The van der Waals surface area contributed by atoms with Gasteiger partial charge >= 0.3 is 5.97 Å². The van der Waals surface area contributed by atoms with Crippen LogP contribution in [0.4, 0.5) is 0 Å². The number of hydrogen-bond acceptors (Lipinski definition) is 6. The van der Waals surface area contributed by atoms with Crippen molar-refractivity contribution >= 4 is 17.5 Å². The summed E-state index contributed by atoms with van der Waals surface area (Å²) in [7, 11) is 1.49. The normalized spacial score (nSPS) is 38.9. The third-order valence-electron chi connectivity index (χ3n) is 9.07. The van der Waals surface area contributed by atoms with Crippen LogP contribution in [0.2, 0.25) is 0 Å². The Morgan fingerprint density at radius 1 is 1.16 bits per heavy atom. The summed E-state index contributed by atoms with van der Waals surface area (Å²) >= 11 is 0. The molecular weight excluding hydrogens is 408 g/mol. The molecule has 0 saturated heterocycles. The van der Waals surface area contributed by atoms with E-state index in [0.717, 1.165) is 38.5 Å². The fourth-order valence-corrected chi connectivity index (χ4v) is 7.32. The maximum atomic E-state index is 13.1. The Balaban J connectivity index is 1.42. The van der Waals surface area contributed by atoms with Crippen molar-refractivity contribution in [2.45, 2.75) is 65.4 Å². The summed E-state index contributed by atoms with van der Waals surface area (Å²) in [6.45, 7) is 6.00. The molecule has 3 saturated carbocycles. The molecule has 0 bridgehead atoms. The maximum Gasteiger partial charge on any atom is 0.335 e. The summed E-state index contributed by atoms with van der Waals surface area (Å²) in [5, 5.41) is 0. The first-order chi connectivity index (χ1) is 15.2. The second-order valence-corrected chi connectivity index (χ2v) is 10.6.